The molecule has 166 valence electrons. The fourth-order valence-electron chi connectivity index (χ4n) is 4.02. The minimum absolute atomic E-state index is 0.0560. The number of amides is 2. The van der Waals surface area contributed by atoms with E-state index in [1.807, 2.05) is 61.5 Å². The van der Waals surface area contributed by atoms with Crippen LogP contribution in [0.25, 0.3) is 0 Å². The Morgan fingerprint density at radius 1 is 1.06 bits per heavy atom. The molecule has 0 aromatic heterocycles. The van der Waals surface area contributed by atoms with Crippen LogP contribution >= 0.6 is 23.4 Å². The van der Waals surface area contributed by atoms with E-state index >= 15 is 0 Å². The maximum Gasteiger partial charge on any atom is 0.243 e. The number of benzene rings is 2. The highest BCUT2D eigenvalue weighted by molar-refractivity contribution is 8.00. The van der Waals surface area contributed by atoms with Gasteiger partial charge in [0.05, 0.1) is 5.75 Å². The zero-order valence-corrected chi connectivity index (χ0v) is 19.6. The van der Waals surface area contributed by atoms with Crippen LogP contribution in [0.15, 0.2) is 59.5 Å². The highest BCUT2D eigenvalue weighted by Crippen LogP contribution is 2.23. The summed E-state index contributed by atoms with van der Waals surface area (Å²) in [5, 5.41) is 3.82. The van der Waals surface area contributed by atoms with Crippen LogP contribution in [0.4, 0.5) is 0 Å². The van der Waals surface area contributed by atoms with Crippen molar-refractivity contribution in [3.63, 3.8) is 0 Å². The minimum atomic E-state index is -0.512. The van der Waals surface area contributed by atoms with Crippen molar-refractivity contribution in [2.75, 3.05) is 5.75 Å². The lowest BCUT2D eigenvalue weighted by atomic mass is 9.95. The molecule has 1 atom stereocenters. The van der Waals surface area contributed by atoms with Gasteiger partial charge in [-0.05, 0) is 43.0 Å². The van der Waals surface area contributed by atoms with Gasteiger partial charge in [0.25, 0.3) is 0 Å². The molecule has 2 amide bonds. The van der Waals surface area contributed by atoms with Crippen LogP contribution in [-0.4, -0.2) is 34.6 Å². The first kappa shape index (κ1) is 23.7. The monoisotopic (exact) mass is 458 g/mol. The topological polar surface area (TPSA) is 49.4 Å². The second-order valence-electron chi connectivity index (χ2n) is 7.98. The van der Waals surface area contributed by atoms with E-state index in [4.69, 9.17) is 11.6 Å². The summed E-state index contributed by atoms with van der Waals surface area (Å²) in [6, 6.07) is 17.1. The van der Waals surface area contributed by atoms with Crippen LogP contribution < -0.4 is 5.32 Å². The number of rotatable bonds is 9. The van der Waals surface area contributed by atoms with Gasteiger partial charge < -0.3 is 10.2 Å². The molecule has 0 radical (unpaired) electrons. The Kier molecular flexibility index (Phi) is 9.29. The Morgan fingerprint density at radius 2 is 1.74 bits per heavy atom. The number of hydrogen-bond donors (Lipinski definition) is 1. The smallest absolute Gasteiger partial charge is 0.243 e. The Hall–Kier alpha value is -1.98. The summed E-state index contributed by atoms with van der Waals surface area (Å²) in [7, 11) is 0. The van der Waals surface area contributed by atoms with Gasteiger partial charge in [-0.1, -0.05) is 74.2 Å². The standard InChI is InChI=1S/C25H31ClN2O2S/c1-2-23(25(30)27-20-12-5-3-6-13-20)28(17-19-11-9-10-16-22(19)26)24(29)18-31-21-14-7-4-8-15-21/h4,7-11,14-16,20,23H,2-3,5-6,12-13,17-18H2,1H3,(H,27,30). The quantitative estimate of drug-likeness (QED) is 0.491. The van der Waals surface area contributed by atoms with Gasteiger partial charge in [0.15, 0.2) is 0 Å². The third-order valence-electron chi connectivity index (χ3n) is 5.74. The molecule has 1 N–H and O–H groups in total. The summed E-state index contributed by atoms with van der Waals surface area (Å²) >= 11 is 7.88. The predicted molar refractivity (Wildman–Crippen MR) is 128 cm³/mol. The summed E-state index contributed by atoms with van der Waals surface area (Å²) in [6.07, 6.45) is 6.13. The number of carbonyl (C=O) groups excluding carboxylic acids is 2. The minimum Gasteiger partial charge on any atom is -0.352 e. The van der Waals surface area contributed by atoms with Crippen molar-refractivity contribution in [3.05, 3.63) is 65.2 Å². The lowest BCUT2D eigenvalue weighted by molar-refractivity contribution is -0.139. The molecule has 4 nitrogen and oxygen atoms in total. The molecule has 6 heteroatoms. The number of nitrogens with zero attached hydrogens (tertiary/aromatic N) is 1. The molecule has 2 aromatic rings. The van der Waals surface area contributed by atoms with Crippen molar-refractivity contribution in [1.29, 1.82) is 0 Å². The average Bonchev–Trinajstić information content (AvgIpc) is 2.80. The Morgan fingerprint density at radius 3 is 2.42 bits per heavy atom. The highest BCUT2D eigenvalue weighted by Gasteiger charge is 2.30. The van der Waals surface area contributed by atoms with E-state index in [9.17, 15) is 9.59 Å². The van der Waals surface area contributed by atoms with Gasteiger partial charge in [-0.25, -0.2) is 0 Å². The third kappa shape index (κ3) is 7.01. The van der Waals surface area contributed by atoms with Crippen molar-refractivity contribution in [2.45, 2.75) is 69.0 Å². The van der Waals surface area contributed by atoms with Crippen LogP contribution in [-0.2, 0) is 16.1 Å². The first-order chi connectivity index (χ1) is 15.1. The molecule has 31 heavy (non-hydrogen) atoms. The van der Waals surface area contributed by atoms with Gasteiger partial charge in [-0.3, -0.25) is 9.59 Å². The van der Waals surface area contributed by atoms with Crippen LogP contribution in [0, 0.1) is 0 Å². The number of nitrogens with one attached hydrogen (secondary N) is 1. The molecule has 2 aromatic carbocycles. The molecular formula is C25H31ClN2O2S. The van der Waals surface area contributed by atoms with Crippen molar-refractivity contribution in [2.24, 2.45) is 0 Å². The van der Waals surface area contributed by atoms with Crippen LogP contribution in [0.1, 0.15) is 51.0 Å². The summed E-state index contributed by atoms with van der Waals surface area (Å²) in [5.74, 6) is 0.167. The van der Waals surface area contributed by atoms with E-state index in [0.29, 0.717) is 18.0 Å². The number of thioether (sulfide) groups is 1. The molecule has 1 unspecified atom stereocenters. The Balaban J connectivity index is 1.75. The van der Waals surface area contributed by atoms with E-state index in [-0.39, 0.29) is 23.6 Å². The van der Waals surface area contributed by atoms with E-state index in [0.717, 1.165) is 36.1 Å². The van der Waals surface area contributed by atoms with Crippen molar-refractivity contribution in [1.82, 2.24) is 10.2 Å². The van der Waals surface area contributed by atoms with Gasteiger partial charge in [-0.15, -0.1) is 11.8 Å². The van der Waals surface area contributed by atoms with E-state index in [2.05, 4.69) is 5.32 Å². The van der Waals surface area contributed by atoms with Crippen molar-refractivity contribution < 1.29 is 9.59 Å². The molecule has 0 saturated heterocycles. The number of hydrogen-bond acceptors (Lipinski definition) is 3. The largest absolute Gasteiger partial charge is 0.352 e. The number of halogens is 1. The van der Waals surface area contributed by atoms with E-state index in [1.165, 1.54) is 18.2 Å². The molecule has 1 aliphatic carbocycles. The summed E-state index contributed by atoms with van der Waals surface area (Å²) in [5.41, 5.74) is 0.853. The third-order valence-corrected chi connectivity index (χ3v) is 7.11. The Labute approximate surface area is 194 Å². The van der Waals surface area contributed by atoms with Crippen LogP contribution in [0.5, 0.6) is 0 Å². The average molecular weight is 459 g/mol. The first-order valence-electron chi connectivity index (χ1n) is 11.1. The molecule has 0 bridgehead atoms. The molecule has 0 aliphatic heterocycles. The van der Waals surface area contributed by atoms with Crippen LogP contribution in [0.3, 0.4) is 0 Å². The first-order valence-corrected chi connectivity index (χ1v) is 12.5. The highest BCUT2D eigenvalue weighted by atomic mass is 35.5. The summed E-state index contributed by atoms with van der Waals surface area (Å²) in [4.78, 5) is 29.2. The van der Waals surface area contributed by atoms with Crippen LogP contribution in [0.2, 0.25) is 5.02 Å². The fraction of sp³-hybridized carbons (Fsp3) is 0.440. The maximum absolute atomic E-state index is 13.3. The molecule has 0 spiro atoms. The fourth-order valence-corrected chi connectivity index (χ4v) is 5.02. The predicted octanol–water partition coefficient (Wildman–Crippen LogP) is 5.69. The normalized spacial score (nSPS) is 15.3. The SMILES string of the molecule is CCC(C(=O)NC1CCCCC1)N(Cc1ccccc1Cl)C(=O)CSc1ccccc1. The molecule has 1 aliphatic rings. The molecular weight excluding hydrogens is 428 g/mol. The zero-order chi connectivity index (χ0) is 22.1. The van der Waals surface area contributed by atoms with Gasteiger partial charge in [0, 0.05) is 22.5 Å². The van der Waals surface area contributed by atoms with E-state index in [1.54, 1.807) is 4.90 Å². The lowest BCUT2D eigenvalue weighted by Crippen LogP contribution is -2.52. The van der Waals surface area contributed by atoms with Gasteiger partial charge in [-0.2, -0.15) is 0 Å². The van der Waals surface area contributed by atoms with Gasteiger partial charge >= 0.3 is 0 Å². The molecule has 1 fully saturated rings. The van der Waals surface area contributed by atoms with E-state index < -0.39 is 6.04 Å². The van der Waals surface area contributed by atoms with Gasteiger partial charge in [0.1, 0.15) is 6.04 Å². The van der Waals surface area contributed by atoms with Crippen molar-refractivity contribution in [3.8, 4) is 0 Å². The second kappa shape index (κ2) is 12.2. The molecule has 1 saturated carbocycles. The van der Waals surface area contributed by atoms with Crippen molar-refractivity contribution >= 4 is 35.2 Å². The van der Waals surface area contributed by atoms with Gasteiger partial charge in [0.2, 0.25) is 11.8 Å². The second-order valence-corrected chi connectivity index (χ2v) is 9.44. The lowest BCUT2D eigenvalue weighted by Gasteiger charge is -2.33. The zero-order valence-electron chi connectivity index (χ0n) is 18.1. The molecule has 3 rings (SSSR count). The Bertz CT molecular complexity index is 856. The summed E-state index contributed by atoms with van der Waals surface area (Å²) < 4.78 is 0. The number of carbonyl (C=O) groups is 2. The summed E-state index contributed by atoms with van der Waals surface area (Å²) in [6.45, 7) is 2.28. The maximum atomic E-state index is 13.3. The molecule has 0 heterocycles.